The Kier molecular flexibility index (Phi) is 6.94. The van der Waals surface area contributed by atoms with E-state index in [2.05, 4.69) is 9.50 Å². The van der Waals surface area contributed by atoms with Gasteiger partial charge in [0.2, 0.25) is 0 Å². The number of carbonyl (C=O) groups excluding carboxylic acids is 2. The number of alkyl halides is 7. The van der Waals surface area contributed by atoms with Gasteiger partial charge in [-0.2, -0.15) is 34.8 Å². The van der Waals surface area contributed by atoms with Gasteiger partial charge in [0.05, 0.1) is 17.4 Å². The van der Waals surface area contributed by atoms with Crippen LogP contribution >= 0.6 is 0 Å². The second-order valence-electron chi connectivity index (χ2n) is 6.97. The Bertz CT molecular complexity index is 1230. The summed E-state index contributed by atoms with van der Waals surface area (Å²) in [7, 11) is -4.14. The lowest BCUT2D eigenvalue weighted by atomic mass is 9.92. The molecule has 34 heavy (non-hydrogen) atoms. The summed E-state index contributed by atoms with van der Waals surface area (Å²) >= 11 is 0. The van der Waals surface area contributed by atoms with Crippen LogP contribution in [0.25, 0.3) is 0 Å². The molecule has 2 amide bonds. The quantitative estimate of drug-likeness (QED) is 0.445. The second-order valence-corrected chi connectivity index (χ2v) is 8.54. The lowest BCUT2D eigenvalue weighted by Gasteiger charge is -2.30. The predicted octanol–water partition coefficient (Wildman–Crippen LogP) is 3.97. The fourth-order valence-corrected chi connectivity index (χ4v) is 3.37. The van der Waals surface area contributed by atoms with Crippen LogP contribution < -0.4 is 15.2 Å². The smallest absolute Gasteiger partial charge is 0.382 e. The van der Waals surface area contributed by atoms with Crippen molar-refractivity contribution in [2.24, 2.45) is 5.73 Å². The lowest BCUT2D eigenvalue weighted by molar-refractivity contribution is -0.348. The van der Waals surface area contributed by atoms with Crippen molar-refractivity contribution in [2.45, 2.75) is 24.9 Å². The molecule has 2 aromatic carbocycles. The number of rotatable bonds is 6. The molecule has 2 aromatic rings. The Morgan fingerprint density at radius 1 is 0.971 bits per heavy atom. The van der Waals surface area contributed by atoms with E-state index < -0.39 is 62.4 Å². The number of carbonyl (C=O) groups is 2. The van der Waals surface area contributed by atoms with Gasteiger partial charge in [-0.1, -0.05) is 18.2 Å². The van der Waals surface area contributed by atoms with Crippen LogP contribution in [0.2, 0.25) is 0 Å². The van der Waals surface area contributed by atoms with Crippen molar-refractivity contribution in [3.8, 4) is 5.75 Å². The SMILES string of the molecule is Cc1cc(C(F)(C(F)(F)F)C(F)(F)F)ccc1NC(=O)c1cccc(OS(C)(=O)=O)c1C(N)=O. The minimum Gasteiger partial charge on any atom is -0.382 e. The van der Waals surface area contributed by atoms with E-state index in [4.69, 9.17) is 5.73 Å². The molecule has 7 nitrogen and oxygen atoms in total. The molecular formula is C19H15F7N2O5S. The second kappa shape index (κ2) is 8.77. The highest BCUT2D eigenvalue weighted by Gasteiger charge is 2.73. The average Bonchev–Trinajstić information content (AvgIpc) is 2.65. The van der Waals surface area contributed by atoms with Crippen molar-refractivity contribution >= 4 is 27.6 Å². The van der Waals surface area contributed by atoms with Gasteiger partial charge < -0.3 is 15.2 Å². The van der Waals surface area contributed by atoms with Crippen molar-refractivity contribution in [3.05, 3.63) is 58.7 Å². The van der Waals surface area contributed by atoms with Crippen LogP contribution in [0, 0.1) is 6.92 Å². The van der Waals surface area contributed by atoms with E-state index in [1.54, 1.807) is 0 Å². The monoisotopic (exact) mass is 516 g/mol. The van der Waals surface area contributed by atoms with E-state index in [-0.39, 0.29) is 23.4 Å². The molecule has 0 bridgehead atoms. The van der Waals surface area contributed by atoms with Crippen LogP contribution in [-0.2, 0) is 15.8 Å². The first-order valence-electron chi connectivity index (χ1n) is 8.86. The summed E-state index contributed by atoms with van der Waals surface area (Å²) in [4.78, 5) is 24.5. The predicted molar refractivity (Wildman–Crippen MR) is 104 cm³/mol. The first kappa shape index (κ1) is 26.9. The first-order chi connectivity index (χ1) is 15.3. The van der Waals surface area contributed by atoms with E-state index in [1.165, 1.54) is 0 Å². The van der Waals surface area contributed by atoms with Crippen LogP contribution in [0.1, 0.15) is 31.8 Å². The molecule has 186 valence electrons. The van der Waals surface area contributed by atoms with E-state index in [0.717, 1.165) is 25.1 Å². The molecule has 0 aliphatic carbocycles. The summed E-state index contributed by atoms with van der Waals surface area (Å²) < 4.78 is 119. The third-order valence-corrected chi connectivity index (χ3v) is 4.89. The molecule has 0 saturated carbocycles. The number of hydrogen-bond acceptors (Lipinski definition) is 5. The zero-order chi connectivity index (χ0) is 26.3. The highest BCUT2D eigenvalue weighted by atomic mass is 32.2. The number of benzene rings is 2. The maximum Gasteiger partial charge on any atom is 0.435 e. The molecule has 0 heterocycles. The van der Waals surface area contributed by atoms with Crippen LogP contribution in [-0.4, -0.2) is 38.8 Å². The van der Waals surface area contributed by atoms with Gasteiger partial charge in [0.15, 0.2) is 5.75 Å². The van der Waals surface area contributed by atoms with Crippen LogP contribution in [0.3, 0.4) is 0 Å². The highest BCUT2D eigenvalue weighted by molar-refractivity contribution is 7.86. The molecule has 0 saturated heterocycles. The third-order valence-electron chi connectivity index (χ3n) is 4.41. The summed E-state index contributed by atoms with van der Waals surface area (Å²) in [6.07, 6.45) is -12.0. The molecule has 0 unspecified atom stereocenters. The summed E-state index contributed by atoms with van der Waals surface area (Å²) in [6, 6.07) is 4.24. The number of amides is 2. The minimum absolute atomic E-state index is 0.196. The topological polar surface area (TPSA) is 116 Å². The molecule has 15 heteroatoms. The normalized spacial score (nSPS) is 12.9. The fourth-order valence-electron chi connectivity index (χ4n) is 2.90. The van der Waals surface area contributed by atoms with Gasteiger partial charge in [0, 0.05) is 11.3 Å². The number of halogens is 7. The van der Waals surface area contributed by atoms with Gasteiger partial charge in [0.25, 0.3) is 11.8 Å². The zero-order valence-corrected chi connectivity index (χ0v) is 18.0. The number of nitrogens with one attached hydrogen (secondary N) is 1. The van der Waals surface area contributed by atoms with E-state index in [0.29, 0.717) is 12.3 Å². The molecule has 0 spiro atoms. The minimum atomic E-state index is -6.32. The van der Waals surface area contributed by atoms with Crippen LogP contribution in [0.4, 0.5) is 36.4 Å². The van der Waals surface area contributed by atoms with Gasteiger partial charge in [-0.3, -0.25) is 9.59 Å². The highest BCUT2D eigenvalue weighted by Crippen LogP contribution is 2.53. The van der Waals surface area contributed by atoms with Crippen molar-refractivity contribution in [3.63, 3.8) is 0 Å². The van der Waals surface area contributed by atoms with E-state index >= 15 is 0 Å². The number of aryl methyl sites for hydroxylation is 1. The Morgan fingerprint density at radius 3 is 1.97 bits per heavy atom. The molecule has 0 aromatic heterocycles. The fraction of sp³-hybridized carbons (Fsp3) is 0.263. The Morgan fingerprint density at radius 2 is 1.53 bits per heavy atom. The van der Waals surface area contributed by atoms with E-state index in [1.807, 2.05) is 0 Å². The molecule has 0 aliphatic heterocycles. The third kappa shape index (κ3) is 5.24. The summed E-state index contributed by atoms with van der Waals surface area (Å²) in [5.74, 6) is -3.00. The summed E-state index contributed by atoms with van der Waals surface area (Å²) in [5.41, 5.74) is -4.11. The molecule has 0 radical (unpaired) electrons. The van der Waals surface area contributed by atoms with Gasteiger partial charge in [-0.05, 0) is 30.7 Å². The summed E-state index contributed by atoms with van der Waals surface area (Å²) in [5, 5.41) is 2.13. The standard InChI is InChI=1S/C19H15F7N2O5S/c1-9-8-10(17(20,18(21,22)23)19(24,25)26)6-7-12(9)28-16(30)11-4-3-5-13(14(11)15(27)29)33-34(2,31)32/h3-8H,1-2H3,(H2,27,29)(H,28,30). The molecule has 0 aliphatic rings. The number of anilines is 1. The van der Waals surface area contributed by atoms with Crippen molar-refractivity contribution in [2.75, 3.05) is 11.6 Å². The van der Waals surface area contributed by atoms with Crippen LogP contribution in [0.5, 0.6) is 5.75 Å². The Hall–Kier alpha value is -3.36. The number of nitrogens with two attached hydrogens (primary N) is 1. The number of hydrogen-bond donors (Lipinski definition) is 2. The number of primary amides is 1. The van der Waals surface area contributed by atoms with Crippen LogP contribution in [0.15, 0.2) is 36.4 Å². The molecular weight excluding hydrogens is 501 g/mol. The van der Waals surface area contributed by atoms with Crippen molar-refractivity contribution < 1.29 is 52.9 Å². The van der Waals surface area contributed by atoms with Crippen molar-refractivity contribution in [1.29, 1.82) is 0 Å². The van der Waals surface area contributed by atoms with Crippen molar-refractivity contribution in [1.82, 2.24) is 0 Å². The van der Waals surface area contributed by atoms with Gasteiger partial charge in [0.1, 0.15) is 0 Å². The maximum atomic E-state index is 14.2. The lowest BCUT2D eigenvalue weighted by Crippen LogP contribution is -2.50. The van der Waals surface area contributed by atoms with Gasteiger partial charge >= 0.3 is 28.1 Å². The summed E-state index contributed by atoms with van der Waals surface area (Å²) in [6.45, 7) is 1.00. The first-order valence-corrected chi connectivity index (χ1v) is 10.7. The molecule has 2 rings (SSSR count). The van der Waals surface area contributed by atoms with Gasteiger partial charge in [-0.15, -0.1) is 0 Å². The molecule has 3 N–H and O–H groups in total. The Balaban J connectivity index is 2.50. The maximum absolute atomic E-state index is 14.2. The zero-order valence-electron chi connectivity index (χ0n) is 17.1. The van der Waals surface area contributed by atoms with Gasteiger partial charge in [-0.25, -0.2) is 4.39 Å². The molecule has 0 fully saturated rings. The molecule has 0 atom stereocenters. The average molecular weight is 516 g/mol. The Labute approximate surface area is 187 Å². The largest absolute Gasteiger partial charge is 0.435 e. The van der Waals surface area contributed by atoms with E-state index in [9.17, 15) is 48.7 Å².